The number of ether oxygens (including phenoxy) is 1. The number of ketones is 1. The van der Waals surface area contributed by atoms with Crippen LogP contribution >= 0.6 is 0 Å². The van der Waals surface area contributed by atoms with Crippen molar-refractivity contribution in [2.75, 3.05) is 0 Å². The van der Waals surface area contributed by atoms with Crippen LogP contribution in [0.1, 0.15) is 36.2 Å². The van der Waals surface area contributed by atoms with Gasteiger partial charge in [-0.05, 0) is 30.2 Å². The summed E-state index contributed by atoms with van der Waals surface area (Å²) in [6.07, 6.45) is 1.99. The molecule has 0 spiro atoms. The second-order valence-electron chi connectivity index (χ2n) is 6.09. The highest BCUT2D eigenvalue weighted by Crippen LogP contribution is 2.28. The van der Waals surface area contributed by atoms with E-state index in [4.69, 9.17) is 4.74 Å². The van der Waals surface area contributed by atoms with Gasteiger partial charge in [0.1, 0.15) is 23.6 Å². The minimum Gasteiger partial charge on any atom is -0.487 e. The minimum absolute atomic E-state index is 0.165. The van der Waals surface area contributed by atoms with E-state index in [0.717, 1.165) is 5.56 Å². The summed E-state index contributed by atoms with van der Waals surface area (Å²) in [7, 11) is 0. The van der Waals surface area contributed by atoms with E-state index in [9.17, 15) is 9.59 Å². The van der Waals surface area contributed by atoms with Crippen molar-refractivity contribution in [3.8, 4) is 5.75 Å². The fourth-order valence-corrected chi connectivity index (χ4v) is 2.74. The molecule has 2 aromatic carbocycles. The molecule has 0 amide bonds. The Hall–Kier alpha value is -3.54. The lowest BCUT2D eigenvalue weighted by atomic mass is 10.00. The average molecular weight is 376 g/mol. The van der Waals surface area contributed by atoms with Crippen molar-refractivity contribution in [2.24, 2.45) is 5.16 Å². The minimum atomic E-state index is -0.574. The SMILES string of the molecule is CCC(=NOC(C)=O)C(=O)c1ccc(OCc2ccccc2)c2ncccc12. The second-order valence-corrected chi connectivity index (χ2v) is 6.09. The molecule has 1 heterocycles. The van der Waals surface area contributed by atoms with Crippen LogP contribution in [0.4, 0.5) is 0 Å². The number of carbonyl (C=O) groups is 2. The first-order valence-corrected chi connectivity index (χ1v) is 8.93. The maximum Gasteiger partial charge on any atom is 0.331 e. The van der Waals surface area contributed by atoms with Crippen molar-refractivity contribution in [3.05, 3.63) is 71.9 Å². The third-order valence-electron chi connectivity index (χ3n) is 4.10. The fourth-order valence-electron chi connectivity index (χ4n) is 2.74. The summed E-state index contributed by atoms with van der Waals surface area (Å²) in [5, 5.41) is 4.34. The molecule has 6 nitrogen and oxygen atoms in total. The lowest BCUT2D eigenvalue weighted by molar-refractivity contribution is -0.140. The molecular weight excluding hydrogens is 356 g/mol. The van der Waals surface area contributed by atoms with E-state index in [-0.39, 0.29) is 11.5 Å². The van der Waals surface area contributed by atoms with Gasteiger partial charge in [-0.25, -0.2) is 4.79 Å². The number of hydrogen-bond donors (Lipinski definition) is 0. The number of hydrogen-bond acceptors (Lipinski definition) is 6. The van der Waals surface area contributed by atoms with Crippen LogP contribution in [0.15, 0.2) is 65.9 Å². The van der Waals surface area contributed by atoms with Crippen molar-refractivity contribution in [1.29, 1.82) is 0 Å². The third kappa shape index (κ3) is 4.40. The number of oxime groups is 1. The first kappa shape index (κ1) is 19.2. The van der Waals surface area contributed by atoms with E-state index in [2.05, 4.69) is 15.0 Å². The van der Waals surface area contributed by atoms with Crippen LogP contribution in [0.25, 0.3) is 10.9 Å². The Balaban J connectivity index is 1.94. The zero-order chi connectivity index (χ0) is 19.9. The number of rotatable bonds is 7. The molecule has 0 aliphatic rings. The van der Waals surface area contributed by atoms with Crippen molar-refractivity contribution in [2.45, 2.75) is 26.9 Å². The van der Waals surface area contributed by atoms with E-state index in [1.165, 1.54) is 6.92 Å². The van der Waals surface area contributed by atoms with Crippen molar-refractivity contribution in [1.82, 2.24) is 4.98 Å². The van der Waals surface area contributed by atoms with Gasteiger partial charge < -0.3 is 9.57 Å². The molecule has 3 aromatic rings. The van der Waals surface area contributed by atoms with Crippen LogP contribution in [0, 0.1) is 0 Å². The van der Waals surface area contributed by atoms with Gasteiger partial charge in [-0.1, -0.05) is 48.5 Å². The van der Waals surface area contributed by atoms with Gasteiger partial charge >= 0.3 is 5.97 Å². The summed E-state index contributed by atoms with van der Waals surface area (Å²) in [5.74, 6) is -0.294. The van der Waals surface area contributed by atoms with Gasteiger partial charge in [-0.2, -0.15) is 0 Å². The smallest absolute Gasteiger partial charge is 0.331 e. The summed E-state index contributed by atoms with van der Waals surface area (Å²) in [5.41, 5.74) is 2.22. The van der Waals surface area contributed by atoms with Crippen LogP contribution in [0.3, 0.4) is 0 Å². The molecule has 3 rings (SSSR count). The Morgan fingerprint density at radius 1 is 1.04 bits per heavy atom. The van der Waals surface area contributed by atoms with Gasteiger partial charge in [0.15, 0.2) is 0 Å². The van der Waals surface area contributed by atoms with Crippen LogP contribution < -0.4 is 4.74 Å². The molecule has 0 saturated heterocycles. The van der Waals surface area contributed by atoms with Crippen molar-refractivity contribution in [3.63, 3.8) is 0 Å². The van der Waals surface area contributed by atoms with Gasteiger partial charge in [0.25, 0.3) is 0 Å². The second kappa shape index (κ2) is 8.90. The molecule has 0 aliphatic heterocycles. The maximum absolute atomic E-state index is 12.9. The molecule has 0 saturated carbocycles. The Labute approximate surface area is 162 Å². The lowest BCUT2D eigenvalue weighted by Gasteiger charge is -2.12. The molecule has 1 aromatic heterocycles. The van der Waals surface area contributed by atoms with Crippen LogP contribution in [0.5, 0.6) is 5.75 Å². The molecule has 0 aliphatic carbocycles. The molecular formula is C22H20N2O4. The van der Waals surface area contributed by atoms with E-state index < -0.39 is 5.97 Å². The molecule has 0 atom stereocenters. The summed E-state index contributed by atoms with van der Waals surface area (Å²) >= 11 is 0. The summed E-state index contributed by atoms with van der Waals surface area (Å²) in [6.45, 7) is 3.41. The predicted octanol–water partition coefficient (Wildman–Crippen LogP) is 4.33. The topological polar surface area (TPSA) is 77.8 Å². The number of pyridine rings is 1. The molecule has 6 heteroatoms. The number of nitrogens with zero attached hydrogens (tertiary/aromatic N) is 2. The van der Waals surface area contributed by atoms with E-state index in [0.29, 0.717) is 35.2 Å². The van der Waals surface area contributed by atoms with Gasteiger partial charge in [-0.15, -0.1) is 0 Å². The fraction of sp³-hybridized carbons (Fsp3) is 0.182. The first-order chi connectivity index (χ1) is 13.6. The Kier molecular flexibility index (Phi) is 6.11. The van der Waals surface area contributed by atoms with Crippen molar-refractivity contribution >= 4 is 28.4 Å². The normalized spacial score (nSPS) is 11.3. The summed E-state index contributed by atoms with van der Waals surface area (Å²) in [6, 6.07) is 16.8. The maximum atomic E-state index is 12.9. The number of fused-ring (bicyclic) bond motifs is 1. The van der Waals surface area contributed by atoms with Gasteiger partial charge in [0, 0.05) is 24.1 Å². The van der Waals surface area contributed by atoms with E-state index >= 15 is 0 Å². The average Bonchev–Trinajstić information content (AvgIpc) is 2.72. The van der Waals surface area contributed by atoms with Gasteiger partial charge in [0.2, 0.25) is 5.78 Å². The highest BCUT2D eigenvalue weighted by Gasteiger charge is 2.19. The van der Waals surface area contributed by atoms with Gasteiger partial charge in [0.05, 0.1) is 0 Å². The largest absolute Gasteiger partial charge is 0.487 e. The summed E-state index contributed by atoms with van der Waals surface area (Å²) in [4.78, 5) is 32.9. The summed E-state index contributed by atoms with van der Waals surface area (Å²) < 4.78 is 5.93. The molecule has 0 unspecified atom stereocenters. The lowest BCUT2D eigenvalue weighted by Crippen LogP contribution is -2.15. The Morgan fingerprint density at radius 2 is 1.82 bits per heavy atom. The Bertz CT molecular complexity index is 1030. The van der Waals surface area contributed by atoms with Crippen LogP contribution in [-0.4, -0.2) is 22.4 Å². The standard InChI is InChI=1S/C22H20N2O4/c1-3-19(24-28-15(2)25)22(26)18-11-12-20(21-17(18)10-7-13-23-21)27-14-16-8-5-4-6-9-16/h4-13H,3,14H2,1-2H3. The number of carbonyl (C=O) groups excluding carboxylic acids is 2. The third-order valence-corrected chi connectivity index (χ3v) is 4.10. The molecule has 0 radical (unpaired) electrons. The van der Waals surface area contributed by atoms with E-state index in [1.54, 1.807) is 31.3 Å². The van der Waals surface area contributed by atoms with Gasteiger partial charge in [-0.3, -0.25) is 9.78 Å². The number of benzene rings is 2. The molecule has 0 N–H and O–H groups in total. The zero-order valence-electron chi connectivity index (χ0n) is 15.7. The highest BCUT2D eigenvalue weighted by molar-refractivity contribution is 6.47. The Morgan fingerprint density at radius 3 is 2.54 bits per heavy atom. The number of aromatic nitrogens is 1. The zero-order valence-corrected chi connectivity index (χ0v) is 15.7. The molecule has 28 heavy (non-hydrogen) atoms. The predicted molar refractivity (Wildman–Crippen MR) is 106 cm³/mol. The quantitative estimate of drug-likeness (QED) is 0.265. The monoisotopic (exact) mass is 376 g/mol. The van der Waals surface area contributed by atoms with Crippen molar-refractivity contribution < 1.29 is 19.2 Å². The van der Waals surface area contributed by atoms with Crippen LogP contribution in [-0.2, 0) is 16.2 Å². The van der Waals surface area contributed by atoms with Crippen LogP contribution in [0.2, 0.25) is 0 Å². The molecule has 0 bridgehead atoms. The number of Topliss-reactive ketones (excluding diaryl/α,β-unsaturated/α-hetero) is 1. The molecule has 0 fully saturated rings. The highest BCUT2D eigenvalue weighted by atomic mass is 16.7. The molecule has 142 valence electrons. The van der Waals surface area contributed by atoms with E-state index in [1.807, 2.05) is 36.4 Å². The first-order valence-electron chi connectivity index (χ1n) is 8.93.